The van der Waals surface area contributed by atoms with Gasteiger partial charge in [0.25, 0.3) is 5.91 Å². The lowest BCUT2D eigenvalue weighted by molar-refractivity contribution is 0.0785. The fourth-order valence-corrected chi connectivity index (χ4v) is 2.54. The lowest BCUT2D eigenvalue weighted by Crippen LogP contribution is -2.26. The highest BCUT2D eigenvalue weighted by Crippen LogP contribution is 2.22. The van der Waals surface area contributed by atoms with Gasteiger partial charge in [-0.3, -0.25) is 4.79 Å². The number of urea groups is 1. The number of hydrogen-bond donors (Lipinski definition) is 2. The SMILES string of the molecule is CN(Cc1ccc(Cl)cc1Cl)C(=O)c1cccc(NC(N)=O)c1. The minimum absolute atomic E-state index is 0.205. The Balaban J connectivity index is 2.14. The molecule has 3 N–H and O–H groups in total. The topological polar surface area (TPSA) is 75.4 Å². The van der Waals surface area contributed by atoms with Gasteiger partial charge in [0.15, 0.2) is 0 Å². The minimum atomic E-state index is -0.684. The lowest BCUT2D eigenvalue weighted by atomic mass is 10.1. The third kappa shape index (κ3) is 4.61. The van der Waals surface area contributed by atoms with E-state index in [0.29, 0.717) is 27.8 Å². The van der Waals surface area contributed by atoms with Crippen molar-refractivity contribution in [2.75, 3.05) is 12.4 Å². The number of primary amides is 1. The Labute approximate surface area is 144 Å². The maximum absolute atomic E-state index is 12.5. The van der Waals surface area contributed by atoms with Crippen molar-refractivity contribution >= 4 is 40.8 Å². The Morgan fingerprint density at radius 2 is 1.91 bits per heavy atom. The van der Waals surface area contributed by atoms with E-state index in [2.05, 4.69) is 5.32 Å². The first-order valence-electron chi connectivity index (χ1n) is 6.72. The van der Waals surface area contributed by atoms with Crippen molar-refractivity contribution in [1.29, 1.82) is 0 Å². The fourth-order valence-electron chi connectivity index (χ4n) is 2.07. The summed E-state index contributed by atoms with van der Waals surface area (Å²) in [7, 11) is 1.67. The van der Waals surface area contributed by atoms with Crippen molar-refractivity contribution < 1.29 is 9.59 Å². The standard InChI is InChI=1S/C16H15Cl2N3O2/c1-21(9-11-5-6-12(17)8-14(11)18)15(22)10-3-2-4-13(7-10)20-16(19)23/h2-8H,9H2,1H3,(H3,19,20,23). The van der Waals surface area contributed by atoms with Gasteiger partial charge in [0.2, 0.25) is 0 Å². The van der Waals surface area contributed by atoms with Gasteiger partial charge in [0.1, 0.15) is 0 Å². The summed E-state index contributed by atoms with van der Waals surface area (Å²) in [6.45, 7) is 0.336. The van der Waals surface area contributed by atoms with Gasteiger partial charge in [0.05, 0.1) is 0 Å². The first-order valence-corrected chi connectivity index (χ1v) is 7.48. The zero-order valence-corrected chi connectivity index (χ0v) is 13.9. The van der Waals surface area contributed by atoms with Crippen LogP contribution in [0.4, 0.5) is 10.5 Å². The Morgan fingerprint density at radius 1 is 1.17 bits per heavy atom. The molecule has 0 aromatic heterocycles. The lowest BCUT2D eigenvalue weighted by Gasteiger charge is -2.18. The molecule has 0 radical (unpaired) electrons. The van der Waals surface area contributed by atoms with E-state index in [9.17, 15) is 9.59 Å². The minimum Gasteiger partial charge on any atom is -0.351 e. The molecule has 2 aromatic rings. The zero-order valence-electron chi connectivity index (χ0n) is 12.3. The third-order valence-electron chi connectivity index (χ3n) is 3.15. The highest BCUT2D eigenvalue weighted by Gasteiger charge is 2.14. The van der Waals surface area contributed by atoms with E-state index < -0.39 is 6.03 Å². The van der Waals surface area contributed by atoms with Crippen LogP contribution in [0.3, 0.4) is 0 Å². The molecular formula is C16H15Cl2N3O2. The van der Waals surface area contributed by atoms with Crippen LogP contribution in [0.5, 0.6) is 0 Å². The molecular weight excluding hydrogens is 337 g/mol. The summed E-state index contributed by atoms with van der Waals surface area (Å²) in [4.78, 5) is 24.9. The summed E-state index contributed by atoms with van der Waals surface area (Å²) in [6, 6.07) is 11.0. The predicted molar refractivity (Wildman–Crippen MR) is 91.9 cm³/mol. The van der Waals surface area contributed by atoms with Crippen molar-refractivity contribution in [1.82, 2.24) is 4.90 Å². The molecule has 0 aliphatic carbocycles. The first-order chi connectivity index (χ1) is 10.9. The summed E-state index contributed by atoms with van der Waals surface area (Å²) >= 11 is 12.0. The third-order valence-corrected chi connectivity index (χ3v) is 3.73. The van der Waals surface area contributed by atoms with Crippen molar-refractivity contribution in [3.8, 4) is 0 Å². The Kier molecular flexibility index (Phi) is 5.47. The second kappa shape index (κ2) is 7.35. The molecule has 23 heavy (non-hydrogen) atoms. The maximum Gasteiger partial charge on any atom is 0.316 e. The number of benzene rings is 2. The number of carbonyl (C=O) groups excluding carboxylic acids is 2. The average Bonchev–Trinajstić information content (AvgIpc) is 2.49. The summed E-state index contributed by atoms with van der Waals surface area (Å²) in [5, 5.41) is 3.48. The molecule has 2 rings (SSSR count). The van der Waals surface area contributed by atoms with E-state index in [-0.39, 0.29) is 5.91 Å². The number of nitrogens with one attached hydrogen (secondary N) is 1. The Hall–Kier alpha value is -2.24. The molecule has 7 heteroatoms. The molecule has 0 saturated carbocycles. The Morgan fingerprint density at radius 3 is 2.57 bits per heavy atom. The van der Waals surface area contributed by atoms with Gasteiger partial charge in [-0.25, -0.2) is 4.79 Å². The number of hydrogen-bond acceptors (Lipinski definition) is 2. The molecule has 0 heterocycles. The molecule has 0 aliphatic heterocycles. The normalized spacial score (nSPS) is 10.2. The van der Waals surface area contributed by atoms with Gasteiger partial charge >= 0.3 is 6.03 Å². The van der Waals surface area contributed by atoms with Gasteiger partial charge in [-0.15, -0.1) is 0 Å². The number of rotatable bonds is 4. The van der Waals surface area contributed by atoms with E-state index >= 15 is 0 Å². The molecule has 3 amide bonds. The Bertz CT molecular complexity index is 750. The number of carbonyl (C=O) groups is 2. The molecule has 2 aromatic carbocycles. The van der Waals surface area contributed by atoms with E-state index in [4.69, 9.17) is 28.9 Å². The van der Waals surface area contributed by atoms with E-state index in [1.54, 1.807) is 49.5 Å². The molecule has 0 atom stereocenters. The number of anilines is 1. The first kappa shape index (κ1) is 17.1. The van der Waals surface area contributed by atoms with Gasteiger partial charge in [-0.1, -0.05) is 35.3 Å². The highest BCUT2D eigenvalue weighted by molar-refractivity contribution is 6.35. The predicted octanol–water partition coefficient (Wildman–Crippen LogP) is 3.76. The molecule has 0 fully saturated rings. The van der Waals surface area contributed by atoms with Crippen LogP contribution in [0.25, 0.3) is 0 Å². The van der Waals surface area contributed by atoms with Crippen molar-refractivity contribution in [3.05, 3.63) is 63.6 Å². The number of nitrogens with zero attached hydrogens (tertiary/aromatic N) is 1. The highest BCUT2D eigenvalue weighted by atomic mass is 35.5. The second-order valence-corrected chi connectivity index (χ2v) is 5.81. The number of amides is 3. The van der Waals surface area contributed by atoms with Crippen LogP contribution in [-0.4, -0.2) is 23.9 Å². The van der Waals surface area contributed by atoms with Gasteiger partial charge in [-0.05, 0) is 35.9 Å². The molecule has 0 saturated heterocycles. The van der Waals surface area contributed by atoms with E-state index in [1.165, 1.54) is 4.90 Å². The van der Waals surface area contributed by atoms with E-state index in [1.807, 2.05) is 0 Å². The summed E-state index contributed by atoms with van der Waals surface area (Å²) in [6.07, 6.45) is 0. The number of halogens is 2. The molecule has 120 valence electrons. The van der Waals surface area contributed by atoms with Crippen LogP contribution >= 0.6 is 23.2 Å². The quantitative estimate of drug-likeness (QED) is 0.879. The van der Waals surface area contributed by atoms with E-state index in [0.717, 1.165) is 5.56 Å². The van der Waals surface area contributed by atoms with Crippen LogP contribution < -0.4 is 11.1 Å². The summed E-state index contributed by atoms with van der Waals surface area (Å²) in [5.41, 5.74) is 6.75. The van der Waals surface area contributed by atoms with Crippen molar-refractivity contribution in [2.24, 2.45) is 5.73 Å². The van der Waals surface area contributed by atoms with Crippen LogP contribution in [0, 0.1) is 0 Å². The maximum atomic E-state index is 12.5. The molecule has 0 unspecified atom stereocenters. The largest absolute Gasteiger partial charge is 0.351 e. The monoisotopic (exact) mass is 351 g/mol. The van der Waals surface area contributed by atoms with Gasteiger partial charge in [-0.2, -0.15) is 0 Å². The van der Waals surface area contributed by atoms with Crippen LogP contribution in [0.15, 0.2) is 42.5 Å². The molecule has 0 aliphatic rings. The summed E-state index contributed by atoms with van der Waals surface area (Å²) in [5.74, 6) is -0.205. The van der Waals surface area contributed by atoms with Crippen LogP contribution in [-0.2, 0) is 6.54 Å². The average molecular weight is 352 g/mol. The fraction of sp³-hybridized carbons (Fsp3) is 0.125. The van der Waals surface area contributed by atoms with Crippen LogP contribution in [0.2, 0.25) is 10.0 Å². The van der Waals surface area contributed by atoms with Gasteiger partial charge in [0, 0.05) is 34.9 Å². The molecule has 5 nitrogen and oxygen atoms in total. The van der Waals surface area contributed by atoms with Gasteiger partial charge < -0.3 is 16.0 Å². The smallest absolute Gasteiger partial charge is 0.316 e. The summed E-state index contributed by atoms with van der Waals surface area (Å²) < 4.78 is 0. The number of nitrogens with two attached hydrogens (primary N) is 1. The van der Waals surface area contributed by atoms with Crippen LogP contribution in [0.1, 0.15) is 15.9 Å². The van der Waals surface area contributed by atoms with Crippen molar-refractivity contribution in [3.63, 3.8) is 0 Å². The molecule has 0 bridgehead atoms. The van der Waals surface area contributed by atoms with Crippen molar-refractivity contribution in [2.45, 2.75) is 6.54 Å². The second-order valence-electron chi connectivity index (χ2n) is 4.97. The zero-order chi connectivity index (χ0) is 17.0. The molecule has 0 spiro atoms.